The summed E-state index contributed by atoms with van der Waals surface area (Å²) < 4.78 is 4.93. The SMILES string of the molecule is CCCCCCCCCCCCCCCCCCOC(=O)C(C)O.[H-].[Li+]. The fourth-order valence-corrected chi connectivity index (χ4v) is 2.94. The van der Waals surface area contributed by atoms with Crippen LogP contribution >= 0.6 is 0 Å². The van der Waals surface area contributed by atoms with Gasteiger partial charge in [0.1, 0.15) is 6.10 Å². The van der Waals surface area contributed by atoms with Crippen molar-refractivity contribution in [3.63, 3.8) is 0 Å². The van der Waals surface area contributed by atoms with E-state index in [1.165, 1.54) is 96.8 Å². The van der Waals surface area contributed by atoms with Crippen LogP contribution in [0.25, 0.3) is 0 Å². The van der Waals surface area contributed by atoms with Crippen molar-refractivity contribution >= 4 is 5.97 Å². The standard InChI is InChI=1S/C21H42O3.Li.H/c1-3-4-5-6-7-8-9-10-11-12-13-14-15-16-17-18-19-24-21(23)20(2)22;;/h20,22H,3-19H2,1-2H3;;/q;+1;-1. The number of aliphatic hydroxyl groups excluding tert-OH is 1. The molecule has 0 aromatic rings. The molecule has 0 amide bonds. The van der Waals surface area contributed by atoms with Gasteiger partial charge in [-0.2, -0.15) is 0 Å². The van der Waals surface area contributed by atoms with Gasteiger partial charge in [-0.3, -0.25) is 0 Å². The van der Waals surface area contributed by atoms with Gasteiger partial charge < -0.3 is 11.3 Å². The molecule has 0 spiro atoms. The number of aliphatic hydroxyl groups is 1. The zero-order valence-corrected chi connectivity index (χ0v) is 17.4. The van der Waals surface area contributed by atoms with Crippen molar-refractivity contribution in [3.8, 4) is 0 Å². The molecule has 0 radical (unpaired) electrons. The number of carbonyl (C=O) groups is 1. The quantitative estimate of drug-likeness (QED) is 0.234. The molecule has 0 aliphatic rings. The number of rotatable bonds is 18. The summed E-state index contributed by atoms with van der Waals surface area (Å²) in [5, 5.41) is 8.98. The number of hydrogen-bond donors (Lipinski definition) is 1. The molecule has 0 aliphatic heterocycles. The molecule has 0 aromatic carbocycles. The minimum Gasteiger partial charge on any atom is -1.00 e. The molecule has 4 heteroatoms. The van der Waals surface area contributed by atoms with E-state index >= 15 is 0 Å². The Labute approximate surface area is 170 Å². The number of carbonyl (C=O) groups excluding carboxylic acids is 1. The summed E-state index contributed by atoms with van der Waals surface area (Å²) in [6, 6.07) is 0. The Morgan fingerprint density at radius 2 is 1.08 bits per heavy atom. The third kappa shape index (κ3) is 22.0. The fourth-order valence-electron chi connectivity index (χ4n) is 2.94. The molecule has 0 bridgehead atoms. The summed E-state index contributed by atoms with van der Waals surface area (Å²) in [6.07, 6.45) is 20.4. The fraction of sp³-hybridized carbons (Fsp3) is 0.952. The van der Waals surface area contributed by atoms with Gasteiger partial charge in [0, 0.05) is 0 Å². The molecule has 1 atom stereocenters. The Balaban J connectivity index is -0.00000264. The maximum Gasteiger partial charge on any atom is 1.00 e. The molecule has 146 valence electrons. The first-order valence-corrected chi connectivity index (χ1v) is 10.5. The van der Waals surface area contributed by atoms with Crippen molar-refractivity contribution in [2.45, 2.75) is 123 Å². The van der Waals surface area contributed by atoms with Crippen LogP contribution in [0.2, 0.25) is 0 Å². The monoisotopic (exact) mass is 350 g/mol. The van der Waals surface area contributed by atoms with Gasteiger partial charge in [-0.1, -0.05) is 103 Å². The van der Waals surface area contributed by atoms with Crippen LogP contribution in [0.15, 0.2) is 0 Å². The Morgan fingerprint density at radius 3 is 1.40 bits per heavy atom. The van der Waals surface area contributed by atoms with E-state index in [-0.39, 0.29) is 20.3 Å². The third-order valence-electron chi connectivity index (χ3n) is 4.58. The predicted octanol–water partition coefficient (Wildman–Crippen LogP) is 3.29. The minimum atomic E-state index is -0.994. The van der Waals surface area contributed by atoms with Crippen LogP contribution in [0.3, 0.4) is 0 Å². The van der Waals surface area contributed by atoms with Crippen molar-refractivity contribution in [3.05, 3.63) is 0 Å². The first-order valence-electron chi connectivity index (χ1n) is 10.5. The zero-order valence-electron chi connectivity index (χ0n) is 18.4. The van der Waals surface area contributed by atoms with Crippen LogP contribution in [0.5, 0.6) is 0 Å². The molecule has 3 nitrogen and oxygen atoms in total. The summed E-state index contributed by atoms with van der Waals surface area (Å²) in [7, 11) is 0. The molecule has 25 heavy (non-hydrogen) atoms. The topological polar surface area (TPSA) is 46.5 Å². The first kappa shape index (κ1) is 27.2. The molecule has 0 fully saturated rings. The van der Waals surface area contributed by atoms with E-state index in [0.29, 0.717) is 6.61 Å². The predicted molar refractivity (Wildman–Crippen MR) is 103 cm³/mol. The van der Waals surface area contributed by atoms with Gasteiger partial charge in [-0.15, -0.1) is 0 Å². The van der Waals surface area contributed by atoms with Gasteiger partial charge in [0.25, 0.3) is 0 Å². The van der Waals surface area contributed by atoms with Crippen LogP contribution in [0.1, 0.15) is 118 Å². The van der Waals surface area contributed by atoms with E-state index in [4.69, 9.17) is 9.84 Å². The number of esters is 1. The summed E-state index contributed by atoms with van der Waals surface area (Å²) in [5.41, 5.74) is 0. The Kier molecular flexibility index (Phi) is 24.1. The number of unbranched alkanes of at least 4 members (excludes halogenated alkanes) is 15. The average Bonchev–Trinajstić information content (AvgIpc) is 2.57. The molecule has 1 N–H and O–H groups in total. The molecule has 0 aliphatic carbocycles. The zero-order chi connectivity index (χ0) is 17.9. The second kappa shape index (κ2) is 22.1. The normalized spacial score (nSPS) is 11.8. The molecular weight excluding hydrogens is 307 g/mol. The van der Waals surface area contributed by atoms with Crippen LogP contribution in [0, 0.1) is 0 Å². The second-order valence-electron chi connectivity index (χ2n) is 7.15. The van der Waals surface area contributed by atoms with Gasteiger partial charge >= 0.3 is 24.8 Å². The van der Waals surface area contributed by atoms with Gasteiger partial charge in [-0.25, -0.2) is 4.79 Å². The van der Waals surface area contributed by atoms with E-state index in [1.54, 1.807) is 0 Å². The van der Waals surface area contributed by atoms with E-state index in [1.807, 2.05) is 0 Å². The van der Waals surface area contributed by atoms with E-state index in [9.17, 15) is 4.79 Å². The van der Waals surface area contributed by atoms with Gasteiger partial charge in [0.2, 0.25) is 0 Å². The summed E-state index contributed by atoms with van der Waals surface area (Å²) in [6.45, 7) is 4.16. The third-order valence-corrected chi connectivity index (χ3v) is 4.58. The second-order valence-corrected chi connectivity index (χ2v) is 7.15. The van der Waals surface area contributed by atoms with E-state index in [0.717, 1.165) is 12.8 Å². The molecule has 0 rings (SSSR count). The molecule has 1 unspecified atom stereocenters. The Morgan fingerprint density at radius 1 is 0.760 bits per heavy atom. The maximum absolute atomic E-state index is 11.0. The van der Waals surface area contributed by atoms with Crippen molar-refractivity contribution in [1.29, 1.82) is 0 Å². The van der Waals surface area contributed by atoms with Crippen LogP contribution in [-0.4, -0.2) is 23.8 Å². The van der Waals surface area contributed by atoms with Gasteiger partial charge in [0.05, 0.1) is 6.61 Å². The first-order chi connectivity index (χ1) is 11.7. The van der Waals surface area contributed by atoms with Crippen LogP contribution in [-0.2, 0) is 9.53 Å². The summed E-state index contributed by atoms with van der Waals surface area (Å²) >= 11 is 0. The van der Waals surface area contributed by atoms with Crippen molar-refractivity contribution in [2.24, 2.45) is 0 Å². The van der Waals surface area contributed by atoms with Crippen molar-refractivity contribution in [1.82, 2.24) is 0 Å². The van der Waals surface area contributed by atoms with Crippen LogP contribution < -0.4 is 18.9 Å². The number of ether oxygens (including phenoxy) is 1. The van der Waals surface area contributed by atoms with Crippen molar-refractivity contribution in [2.75, 3.05) is 6.61 Å². The summed E-state index contributed by atoms with van der Waals surface area (Å²) in [4.78, 5) is 11.0. The molecule has 0 aromatic heterocycles. The molecule has 0 saturated heterocycles. The van der Waals surface area contributed by atoms with Crippen molar-refractivity contribution < 1.29 is 34.9 Å². The van der Waals surface area contributed by atoms with Crippen LogP contribution in [0.4, 0.5) is 0 Å². The summed E-state index contributed by atoms with van der Waals surface area (Å²) in [5.74, 6) is -0.504. The maximum atomic E-state index is 11.0. The van der Waals surface area contributed by atoms with Gasteiger partial charge in [0.15, 0.2) is 0 Å². The average molecular weight is 351 g/mol. The Hall–Kier alpha value is 0.0274. The van der Waals surface area contributed by atoms with Gasteiger partial charge in [-0.05, 0) is 13.3 Å². The van der Waals surface area contributed by atoms with E-state index in [2.05, 4.69) is 6.92 Å². The smallest absolute Gasteiger partial charge is 1.00 e. The largest absolute Gasteiger partial charge is 1.00 e. The molecule has 0 saturated carbocycles. The molecule has 0 heterocycles. The Bertz CT molecular complexity index is 276. The number of hydrogen-bond acceptors (Lipinski definition) is 3. The minimum absolute atomic E-state index is 0. The van der Waals surface area contributed by atoms with E-state index < -0.39 is 12.1 Å². The molecular formula is C21H43LiO3.